The van der Waals surface area contributed by atoms with E-state index in [2.05, 4.69) is 6.07 Å². The summed E-state index contributed by atoms with van der Waals surface area (Å²) >= 11 is 0. The quantitative estimate of drug-likeness (QED) is 0.872. The molecule has 2 heteroatoms. The van der Waals surface area contributed by atoms with E-state index < -0.39 is 5.60 Å². The van der Waals surface area contributed by atoms with Crippen molar-refractivity contribution >= 4 is 0 Å². The van der Waals surface area contributed by atoms with Crippen molar-refractivity contribution in [2.24, 2.45) is 0 Å². The predicted octanol–water partition coefficient (Wildman–Crippen LogP) is 3.71. The Labute approximate surface area is 115 Å². The minimum absolute atomic E-state index is 0.687. The van der Waals surface area contributed by atoms with Gasteiger partial charge in [0.25, 0.3) is 0 Å². The van der Waals surface area contributed by atoms with Crippen LogP contribution in [-0.4, -0.2) is 11.7 Å². The monoisotopic (exact) mass is 258 g/mol. The first-order valence-electron chi connectivity index (χ1n) is 6.86. The van der Waals surface area contributed by atoms with Crippen LogP contribution in [0.1, 0.15) is 37.8 Å². The summed E-state index contributed by atoms with van der Waals surface area (Å²) in [6.45, 7) is 4.36. The highest BCUT2D eigenvalue weighted by atomic mass is 16.5. The lowest BCUT2D eigenvalue weighted by atomic mass is 9.91. The Morgan fingerprint density at radius 2 is 2.00 bits per heavy atom. The smallest absolute Gasteiger partial charge is 0.106 e. The first kappa shape index (κ1) is 13.9. The maximum atomic E-state index is 10.2. The van der Waals surface area contributed by atoms with E-state index in [1.807, 2.05) is 50.3 Å². The normalized spacial score (nSPS) is 15.0. The number of allylic oxidation sites excluding steroid dienone is 3. The fourth-order valence-corrected chi connectivity index (χ4v) is 2.38. The van der Waals surface area contributed by atoms with Crippen LogP contribution in [0.4, 0.5) is 0 Å². The van der Waals surface area contributed by atoms with Gasteiger partial charge in [0.2, 0.25) is 0 Å². The molecule has 2 nitrogen and oxygen atoms in total. The molecule has 2 rings (SSSR count). The first-order valence-corrected chi connectivity index (χ1v) is 6.86. The Hall–Kier alpha value is -1.54. The van der Waals surface area contributed by atoms with Gasteiger partial charge in [-0.2, -0.15) is 0 Å². The van der Waals surface area contributed by atoms with E-state index in [1.54, 1.807) is 0 Å². The highest BCUT2D eigenvalue weighted by Gasteiger charge is 2.19. The fourth-order valence-electron chi connectivity index (χ4n) is 2.38. The number of ether oxygens (including phenoxy) is 1. The molecule has 1 aliphatic heterocycles. The Morgan fingerprint density at radius 3 is 2.68 bits per heavy atom. The predicted molar refractivity (Wildman–Crippen MR) is 77.8 cm³/mol. The van der Waals surface area contributed by atoms with Crippen LogP contribution in [0.25, 0.3) is 0 Å². The highest BCUT2D eigenvalue weighted by molar-refractivity contribution is 5.31. The van der Waals surface area contributed by atoms with Crippen LogP contribution < -0.4 is 0 Å². The van der Waals surface area contributed by atoms with Gasteiger partial charge in [-0.05, 0) is 50.0 Å². The zero-order chi connectivity index (χ0) is 13.7. The molecule has 1 aromatic rings. The van der Waals surface area contributed by atoms with Gasteiger partial charge in [0.1, 0.15) is 6.61 Å². The Bertz CT molecular complexity index is 478. The molecule has 102 valence electrons. The molecule has 1 aromatic carbocycles. The molecule has 0 atom stereocenters. The van der Waals surface area contributed by atoms with Crippen molar-refractivity contribution in [2.45, 2.75) is 38.7 Å². The van der Waals surface area contributed by atoms with Crippen molar-refractivity contribution in [1.82, 2.24) is 0 Å². The molecule has 0 saturated heterocycles. The molecule has 0 spiro atoms. The fraction of sp³-hybridized carbons (Fsp3) is 0.412. The number of hydrogen-bond donors (Lipinski definition) is 1. The molecule has 0 saturated carbocycles. The number of aliphatic hydroxyl groups is 1. The third-order valence-electron chi connectivity index (χ3n) is 3.33. The molecule has 0 aromatic heterocycles. The third-order valence-corrected chi connectivity index (χ3v) is 3.33. The van der Waals surface area contributed by atoms with E-state index in [0.717, 1.165) is 30.6 Å². The van der Waals surface area contributed by atoms with E-state index in [9.17, 15) is 5.11 Å². The van der Waals surface area contributed by atoms with Crippen molar-refractivity contribution in [3.05, 3.63) is 59.4 Å². The van der Waals surface area contributed by atoms with Crippen molar-refractivity contribution < 1.29 is 9.84 Å². The van der Waals surface area contributed by atoms with Gasteiger partial charge in [-0.15, -0.1) is 0 Å². The average Bonchev–Trinajstić information content (AvgIpc) is 2.39. The summed E-state index contributed by atoms with van der Waals surface area (Å²) in [6, 6.07) is 8.12. The van der Waals surface area contributed by atoms with Crippen LogP contribution in [0.2, 0.25) is 0 Å². The molecule has 0 unspecified atom stereocenters. The number of aryl methyl sites for hydroxylation is 1. The van der Waals surface area contributed by atoms with E-state index in [1.165, 1.54) is 5.56 Å². The maximum Gasteiger partial charge on any atom is 0.106 e. The van der Waals surface area contributed by atoms with Crippen LogP contribution in [0.15, 0.2) is 48.3 Å². The van der Waals surface area contributed by atoms with E-state index in [0.29, 0.717) is 6.61 Å². The molecule has 19 heavy (non-hydrogen) atoms. The van der Waals surface area contributed by atoms with Gasteiger partial charge in [0.05, 0.1) is 11.4 Å². The topological polar surface area (TPSA) is 29.5 Å². The third kappa shape index (κ3) is 3.97. The number of rotatable bonds is 5. The summed E-state index contributed by atoms with van der Waals surface area (Å²) in [7, 11) is 0. The van der Waals surface area contributed by atoms with Gasteiger partial charge < -0.3 is 9.84 Å². The van der Waals surface area contributed by atoms with Crippen LogP contribution in [0.3, 0.4) is 0 Å². The second-order valence-corrected chi connectivity index (χ2v) is 5.44. The molecule has 0 bridgehead atoms. The van der Waals surface area contributed by atoms with Crippen LogP contribution >= 0.6 is 0 Å². The highest BCUT2D eigenvalue weighted by Crippen LogP contribution is 2.25. The molecule has 0 amide bonds. The Balaban J connectivity index is 1.96. The van der Waals surface area contributed by atoms with Crippen LogP contribution in [0.5, 0.6) is 0 Å². The minimum Gasteiger partial charge on any atom is -0.494 e. The first-order chi connectivity index (χ1) is 9.07. The summed E-state index contributed by atoms with van der Waals surface area (Å²) in [5.41, 5.74) is 1.47. The maximum absolute atomic E-state index is 10.2. The zero-order valence-electron chi connectivity index (χ0n) is 11.7. The summed E-state index contributed by atoms with van der Waals surface area (Å²) in [6.07, 6.45) is 9.03. The summed E-state index contributed by atoms with van der Waals surface area (Å²) in [5.74, 6) is 1.06. The van der Waals surface area contributed by atoms with Crippen molar-refractivity contribution in [1.29, 1.82) is 0 Å². The van der Waals surface area contributed by atoms with Crippen molar-refractivity contribution in [3.8, 4) is 0 Å². The molecule has 1 aliphatic rings. The van der Waals surface area contributed by atoms with E-state index >= 15 is 0 Å². The Morgan fingerprint density at radius 1 is 1.21 bits per heavy atom. The largest absolute Gasteiger partial charge is 0.494 e. The lowest BCUT2D eigenvalue weighted by Crippen LogP contribution is -2.18. The molecule has 0 aliphatic carbocycles. The zero-order valence-corrected chi connectivity index (χ0v) is 11.7. The molecular formula is C17H22O2. The van der Waals surface area contributed by atoms with Crippen molar-refractivity contribution in [2.75, 3.05) is 6.61 Å². The van der Waals surface area contributed by atoms with Gasteiger partial charge in [-0.1, -0.05) is 30.3 Å². The molecular weight excluding hydrogens is 236 g/mol. The summed E-state index contributed by atoms with van der Waals surface area (Å²) in [5, 5.41) is 10.2. The summed E-state index contributed by atoms with van der Waals surface area (Å²) in [4.78, 5) is 0. The molecule has 1 heterocycles. The molecule has 1 N–H and O–H groups in total. The minimum atomic E-state index is -0.778. The van der Waals surface area contributed by atoms with Gasteiger partial charge in [0.15, 0.2) is 0 Å². The van der Waals surface area contributed by atoms with E-state index in [4.69, 9.17) is 4.74 Å². The lowest BCUT2D eigenvalue weighted by Gasteiger charge is -2.21. The second-order valence-electron chi connectivity index (χ2n) is 5.44. The van der Waals surface area contributed by atoms with Crippen molar-refractivity contribution in [3.63, 3.8) is 0 Å². The van der Waals surface area contributed by atoms with Gasteiger partial charge >= 0.3 is 0 Å². The second kappa shape index (κ2) is 6.07. The number of hydrogen-bond acceptors (Lipinski definition) is 2. The summed E-state index contributed by atoms with van der Waals surface area (Å²) < 4.78 is 5.54. The van der Waals surface area contributed by atoms with Gasteiger partial charge in [0, 0.05) is 6.42 Å². The molecule has 0 radical (unpaired) electrons. The molecule has 0 fully saturated rings. The average molecular weight is 258 g/mol. The lowest BCUT2D eigenvalue weighted by molar-refractivity contribution is 0.0776. The van der Waals surface area contributed by atoms with Crippen LogP contribution in [-0.2, 0) is 16.8 Å². The van der Waals surface area contributed by atoms with Gasteiger partial charge in [-0.25, -0.2) is 0 Å². The SMILES string of the molecule is CC(C)(O)c1ccccc1CCCC1=CC=CCO1. The Kier molecular flexibility index (Phi) is 4.43. The van der Waals surface area contributed by atoms with Crippen LogP contribution in [0, 0.1) is 0 Å². The standard InChI is InChI=1S/C17H22O2/c1-17(2,18)16-12-4-3-8-14(16)9-7-11-15-10-5-6-13-19-15/h3-6,8,10,12,18H,7,9,11,13H2,1-2H3. The van der Waals surface area contributed by atoms with E-state index in [-0.39, 0.29) is 0 Å². The number of benzene rings is 1. The van der Waals surface area contributed by atoms with Gasteiger partial charge in [-0.3, -0.25) is 0 Å².